The van der Waals surface area contributed by atoms with E-state index < -0.39 is 46.9 Å². The number of nitrogens with one attached hydrogen (secondary N) is 1. The third-order valence-corrected chi connectivity index (χ3v) is 6.54. The number of rotatable bonds is 23. The first-order valence-electron chi connectivity index (χ1n) is 15.1. The lowest BCUT2D eigenvalue weighted by Crippen LogP contribution is -2.47. The van der Waals surface area contributed by atoms with Crippen LogP contribution in [0, 0.1) is 35.0 Å². The van der Waals surface area contributed by atoms with Crippen molar-refractivity contribution in [2.24, 2.45) is 5.92 Å². The molecule has 0 heterocycles. The largest absolute Gasteiger partial charge is 0.412 e. The van der Waals surface area contributed by atoms with Crippen molar-refractivity contribution in [2.75, 3.05) is 26.4 Å². The normalized spacial score (nSPS) is 12.5. The van der Waals surface area contributed by atoms with Gasteiger partial charge in [0, 0.05) is 12.5 Å². The van der Waals surface area contributed by atoms with Crippen LogP contribution in [0.5, 0.6) is 5.75 Å². The van der Waals surface area contributed by atoms with E-state index in [-0.39, 0.29) is 12.5 Å². The number of amides is 1. The Balaban J connectivity index is 2.83. The molecule has 11 heteroatoms. The van der Waals surface area contributed by atoms with Crippen LogP contribution in [0.2, 0.25) is 0 Å². The first-order valence-corrected chi connectivity index (χ1v) is 15.1. The molecule has 0 bridgehead atoms. The van der Waals surface area contributed by atoms with Crippen molar-refractivity contribution >= 4 is 6.09 Å². The molecule has 41 heavy (non-hydrogen) atoms. The first kappa shape index (κ1) is 37.0. The molecular formula is C30H48F5NO5. The SMILES string of the molecule is CCCCCCCCC(CCCCNC(=O)Oc1c(F)c(F)c(F)c(F)c1F)C(OCCC)(OCCC)OCCC. The lowest BCUT2D eigenvalue weighted by Gasteiger charge is -2.40. The Morgan fingerprint density at radius 1 is 0.634 bits per heavy atom. The number of hydrogen-bond donors (Lipinski definition) is 1. The van der Waals surface area contributed by atoms with Crippen molar-refractivity contribution in [3.8, 4) is 5.75 Å². The predicted octanol–water partition coefficient (Wildman–Crippen LogP) is 8.94. The average Bonchev–Trinajstić information content (AvgIpc) is 2.97. The maximum atomic E-state index is 13.8. The maximum Gasteiger partial charge on any atom is 0.412 e. The van der Waals surface area contributed by atoms with E-state index in [9.17, 15) is 26.7 Å². The Labute approximate surface area is 241 Å². The highest BCUT2D eigenvalue weighted by Crippen LogP contribution is 2.35. The van der Waals surface area contributed by atoms with Crippen LogP contribution >= 0.6 is 0 Å². The van der Waals surface area contributed by atoms with Crippen LogP contribution in [0.1, 0.15) is 111 Å². The first-order chi connectivity index (χ1) is 19.7. The van der Waals surface area contributed by atoms with Gasteiger partial charge in [0.05, 0.1) is 19.8 Å². The molecule has 1 rings (SSSR count). The van der Waals surface area contributed by atoms with Gasteiger partial charge < -0.3 is 24.3 Å². The van der Waals surface area contributed by atoms with E-state index in [0.717, 1.165) is 44.9 Å². The molecule has 1 aromatic carbocycles. The maximum absolute atomic E-state index is 13.8. The molecular weight excluding hydrogens is 549 g/mol. The van der Waals surface area contributed by atoms with Gasteiger partial charge in [-0.3, -0.25) is 0 Å². The molecule has 6 nitrogen and oxygen atoms in total. The van der Waals surface area contributed by atoms with Crippen LogP contribution in [0.25, 0.3) is 0 Å². The van der Waals surface area contributed by atoms with E-state index in [4.69, 9.17) is 14.2 Å². The number of carbonyl (C=O) groups excluding carboxylic acids is 1. The van der Waals surface area contributed by atoms with Gasteiger partial charge in [0.15, 0.2) is 0 Å². The van der Waals surface area contributed by atoms with E-state index in [1.54, 1.807) is 0 Å². The van der Waals surface area contributed by atoms with Gasteiger partial charge in [-0.25, -0.2) is 18.0 Å². The fraction of sp³-hybridized carbons (Fsp3) is 0.767. The Hall–Kier alpha value is -1.98. The number of carbonyl (C=O) groups is 1. The van der Waals surface area contributed by atoms with Gasteiger partial charge in [-0.15, -0.1) is 0 Å². The summed E-state index contributed by atoms with van der Waals surface area (Å²) >= 11 is 0. The molecule has 1 atom stereocenters. The Morgan fingerprint density at radius 3 is 1.56 bits per heavy atom. The molecule has 0 fully saturated rings. The second kappa shape index (κ2) is 20.8. The molecule has 1 N–H and O–H groups in total. The van der Waals surface area contributed by atoms with Crippen molar-refractivity contribution in [1.29, 1.82) is 0 Å². The molecule has 0 saturated heterocycles. The van der Waals surface area contributed by atoms with Crippen LogP contribution < -0.4 is 10.1 Å². The van der Waals surface area contributed by atoms with E-state index in [2.05, 4.69) is 17.0 Å². The fourth-order valence-corrected chi connectivity index (χ4v) is 4.39. The second-order valence-electron chi connectivity index (χ2n) is 10.1. The van der Waals surface area contributed by atoms with Crippen LogP contribution in [0.4, 0.5) is 26.7 Å². The van der Waals surface area contributed by atoms with E-state index >= 15 is 0 Å². The van der Waals surface area contributed by atoms with Crippen molar-refractivity contribution < 1.29 is 45.7 Å². The zero-order valence-electron chi connectivity index (χ0n) is 25.0. The summed E-state index contributed by atoms with van der Waals surface area (Å²) in [6, 6.07) is 0. The summed E-state index contributed by atoms with van der Waals surface area (Å²) in [6.07, 6.45) is 10.5. The lowest BCUT2D eigenvalue weighted by molar-refractivity contribution is -0.406. The van der Waals surface area contributed by atoms with E-state index in [1.807, 2.05) is 20.8 Å². The monoisotopic (exact) mass is 597 g/mol. The summed E-state index contributed by atoms with van der Waals surface area (Å²) < 4.78 is 90.7. The van der Waals surface area contributed by atoms with Gasteiger partial charge in [0.2, 0.25) is 34.8 Å². The Kier molecular flexibility index (Phi) is 18.8. The predicted molar refractivity (Wildman–Crippen MR) is 147 cm³/mol. The highest BCUT2D eigenvalue weighted by Gasteiger charge is 2.42. The molecule has 0 aliphatic carbocycles. The van der Waals surface area contributed by atoms with Crippen LogP contribution in [-0.2, 0) is 14.2 Å². The zero-order valence-corrected chi connectivity index (χ0v) is 25.0. The number of unbranched alkanes of at least 4 members (excludes halogenated alkanes) is 6. The van der Waals surface area contributed by atoms with Crippen molar-refractivity contribution in [3.05, 3.63) is 29.1 Å². The van der Waals surface area contributed by atoms with Gasteiger partial charge in [-0.2, -0.15) is 8.78 Å². The van der Waals surface area contributed by atoms with Crippen LogP contribution in [0.3, 0.4) is 0 Å². The minimum Gasteiger partial charge on any atom is -0.404 e. The van der Waals surface area contributed by atoms with E-state index in [1.165, 1.54) is 19.3 Å². The molecule has 1 aromatic rings. The molecule has 1 amide bonds. The summed E-state index contributed by atoms with van der Waals surface area (Å²) in [5.41, 5.74) is 0. The summed E-state index contributed by atoms with van der Waals surface area (Å²) in [7, 11) is 0. The minimum absolute atomic E-state index is 0.0619. The number of halogens is 5. The molecule has 238 valence electrons. The van der Waals surface area contributed by atoms with Crippen molar-refractivity contribution in [1.82, 2.24) is 5.32 Å². The van der Waals surface area contributed by atoms with Crippen LogP contribution in [0.15, 0.2) is 0 Å². The summed E-state index contributed by atoms with van der Waals surface area (Å²) in [4.78, 5) is 12.0. The molecule has 0 aliphatic rings. The summed E-state index contributed by atoms with van der Waals surface area (Å²) in [5.74, 6) is -14.0. The third-order valence-electron chi connectivity index (χ3n) is 6.54. The second-order valence-corrected chi connectivity index (χ2v) is 10.1. The number of ether oxygens (including phenoxy) is 4. The number of hydrogen-bond acceptors (Lipinski definition) is 5. The zero-order chi connectivity index (χ0) is 30.7. The molecule has 0 spiro atoms. The third kappa shape index (κ3) is 12.4. The smallest absolute Gasteiger partial charge is 0.404 e. The van der Waals surface area contributed by atoms with Gasteiger partial charge in [0.1, 0.15) is 0 Å². The van der Waals surface area contributed by atoms with Gasteiger partial charge in [0.25, 0.3) is 5.97 Å². The lowest BCUT2D eigenvalue weighted by atomic mass is 9.92. The van der Waals surface area contributed by atoms with Crippen molar-refractivity contribution in [3.63, 3.8) is 0 Å². The van der Waals surface area contributed by atoms with Gasteiger partial charge >= 0.3 is 6.09 Å². The van der Waals surface area contributed by atoms with Gasteiger partial charge in [-0.1, -0.05) is 72.6 Å². The fourth-order valence-electron chi connectivity index (χ4n) is 4.39. The Morgan fingerprint density at radius 2 is 1.07 bits per heavy atom. The molecule has 0 aromatic heterocycles. The molecule has 0 aliphatic heterocycles. The highest BCUT2D eigenvalue weighted by molar-refractivity contribution is 5.70. The highest BCUT2D eigenvalue weighted by atomic mass is 19.2. The Bertz CT molecular complexity index is 839. The topological polar surface area (TPSA) is 66.0 Å². The van der Waals surface area contributed by atoms with E-state index in [0.29, 0.717) is 39.1 Å². The van der Waals surface area contributed by atoms with Crippen molar-refractivity contribution in [2.45, 2.75) is 117 Å². The molecule has 0 radical (unpaired) electrons. The summed E-state index contributed by atoms with van der Waals surface area (Å²) in [5, 5.41) is 2.30. The minimum atomic E-state index is -2.33. The average molecular weight is 598 g/mol. The molecule has 1 unspecified atom stereocenters. The molecule has 0 saturated carbocycles. The quantitative estimate of drug-likeness (QED) is 0.0449. The number of benzene rings is 1. The standard InChI is InChI=1S/C30H48F5NO5/c1-5-9-10-11-12-13-16-22(30(38-19-6-2,39-20-7-3)40-21-8-4)17-14-15-18-36-29(37)41-28-26(34)24(32)23(31)25(33)27(28)35/h22H,5-21H2,1-4H3,(H,36,37). The summed E-state index contributed by atoms with van der Waals surface area (Å²) in [6.45, 7) is 9.73. The van der Waals surface area contributed by atoms with Gasteiger partial charge in [-0.05, 0) is 38.5 Å². The van der Waals surface area contributed by atoms with Crippen LogP contribution in [-0.4, -0.2) is 38.4 Å².